The molecular formula is C8H12NNaO2. The number of hydrogen-bond donors (Lipinski definition) is 0. The van der Waals surface area contributed by atoms with E-state index < -0.39 is 0 Å². The Kier molecular flexibility index (Phi) is 6.42. The first kappa shape index (κ1) is 11.9. The van der Waals surface area contributed by atoms with Crippen molar-refractivity contribution in [3.63, 3.8) is 0 Å². The van der Waals surface area contributed by atoms with E-state index in [4.69, 9.17) is 9.68 Å². The molecule has 0 unspecified atom stereocenters. The number of hydrogen-bond acceptors (Lipinski definition) is 3. The molecule has 0 fully saturated rings. The number of para-hydroxylation sites is 1. The van der Waals surface area contributed by atoms with E-state index in [0.29, 0.717) is 0 Å². The Bertz CT molecular complexity index is 207. The summed E-state index contributed by atoms with van der Waals surface area (Å²) in [5, 5.41) is 1.33. The van der Waals surface area contributed by atoms with Crippen molar-refractivity contribution in [3.8, 4) is 0 Å². The Balaban J connectivity index is 0. The van der Waals surface area contributed by atoms with E-state index in [2.05, 4.69) is 0 Å². The molecule has 3 nitrogen and oxygen atoms in total. The fourth-order valence-electron chi connectivity index (χ4n) is 0.835. The van der Waals surface area contributed by atoms with Crippen LogP contribution in [0.4, 0.5) is 5.69 Å². The average molecular weight is 177 g/mol. The van der Waals surface area contributed by atoms with Crippen LogP contribution in [0.3, 0.4) is 0 Å². The van der Waals surface area contributed by atoms with Gasteiger partial charge >= 0.3 is 29.6 Å². The molecule has 0 atom stereocenters. The molecule has 0 bridgehead atoms. The van der Waals surface area contributed by atoms with Gasteiger partial charge in [0.25, 0.3) is 0 Å². The zero-order valence-electron chi connectivity index (χ0n) is 8.65. The second-order valence-corrected chi connectivity index (χ2v) is 1.96. The third-order valence-electron chi connectivity index (χ3n) is 1.30. The molecule has 1 aromatic rings. The predicted molar refractivity (Wildman–Crippen MR) is 44.1 cm³/mol. The van der Waals surface area contributed by atoms with E-state index >= 15 is 0 Å². The molecule has 0 saturated carbocycles. The van der Waals surface area contributed by atoms with Crippen molar-refractivity contribution in [1.82, 2.24) is 0 Å². The molecule has 0 saturated heterocycles. The van der Waals surface area contributed by atoms with Crippen LogP contribution in [0.25, 0.3) is 0 Å². The molecule has 12 heavy (non-hydrogen) atoms. The molecule has 4 heteroatoms. The van der Waals surface area contributed by atoms with Crippen LogP contribution in [0.2, 0.25) is 0 Å². The minimum absolute atomic E-state index is 0. The third-order valence-corrected chi connectivity index (χ3v) is 1.30. The summed E-state index contributed by atoms with van der Waals surface area (Å²) in [5.74, 6) is 0. The standard InChI is InChI=1S/C8H11NO2.Na.H/c1-10-9(11-2)8-6-4-3-5-7-8;;/h3-7H,1-2H3;;/q;+1;-1. The van der Waals surface area contributed by atoms with Gasteiger partial charge in [-0.1, -0.05) is 18.2 Å². The molecule has 1 aromatic carbocycles. The average Bonchev–Trinajstić information content (AvgIpc) is 2.09. The van der Waals surface area contributed by atoms with Crippen molar-refractivity contribution in [2.45, 2.75) is 0 Å². The van der Waals surface area contributed by atoms with Crippen LogP contribution >= 0.6 is 0 Å². The molecule has 0 aliphatic heterocycles. The van der Waals surface area contributed by atoms with Gasteiger partial charge in [0.15, 0.2) is 0 Å². The quantitative estimate of drug-likeness (QED) is 0.424. The predicted octanol–water partition coefficient (Wildman–Crippen LogP) is -1.27. The fraction of sp³-hybridized carbons (Fsp3) is 0.250. The van der Waals surface area contributed by atoms with Gasteiger partial charge in [-0.05, 0) is 12.1 Å². The first-order valence-electron chi connectivity index (χ1n) is 3.32. The first-order valence-corrected chi connectivity index (χ1v) is 3.32. The van der Waals surface area contributed by atoms with Gasteiger partial charge < -0.3 is 1.43 Å². The van der Waals surface area contributed by atoms with Crippen molar-refractivity contribution in [2.75, 3.05) is 19.4 Å². The molecule has 0 aromatic heterocycles. The molecule has 0 aliphatic rings. The second-order valence-electron chi connectivity index (χ2n) is 1.96. The Morgan fingerprint density at radius 2 is 1.58 bits per heavy atom. The third kappa shape index (κ3) is 3.13. The molecular weight excluding hydrogens is 165 g/mol. The fourth-order valence-corrected chi connectivity index (χ4v) is 0.835. The maximum Gasteiger partial charge on any atom is 1.00 e. The van der Waals surface area contributed by atoms with Crippen LogP contribution in [0, 0.1) is 0 Å². The van der Waals surface area contributed by atoms with Gasteiger partial charge in [-0.3, -0.25) is 9.68 Å². The van der Waals surface area contributed by atoms with E-state index in [9.17, 15) is 0 Å². The Labute approximate surface area is 96.0 Å². The van der Waals surface area contributed by atoms with Crippen LogP contribution < -0.4 is 34.8 Å². The summed E-state index contributed by atoms with van der Waals surface area (Å²) in [6.45, 7) is 0. The number of rotatable bonds is 3. The summed E-state index contributed by atoms with van der Waals surface area (Å²) in [7, 11) is 3.10. The monoisotopic (exact) mass is 177 g/mol. The largest absolute Gasteiger partial charge is 1.00 e. The minimum Gasteiger partial charge on any atom is -1.00 e. The zero-order valence-corrected chi connectivity index (χ0v) is 9.65. The molecule has 0 radical (unpaired) electrons. The first-order chi connectivity index (χ1) is 5.38. The van der Waals surface area contributed by atoms with Gasteiger partial charge in [-0.15, -0.1) is 5.23 Å². The van der Waals surface area contributed by atoms with Gasteiger partial charge in [0.1, 0.15) is 0 Å². The Morgan fingerprint density at radius 1 is 1.08 bits per heavy atom. The summed E-state index contributed by atoms with van der Waals surface area (Å²) in [4.78, 5) is 9.79. The summed E-state index contributed by atoms with van der Waals surface area (Å²) in [6.07, 6.45) is 0. The summed E-state index contributed by atoms with van der Waals surface area (Å²) in [5.41, 5.74) is 0.873. The number of nitrogens with zero attached hydrogens (tertiary/aromatic N) is 1. The Hall–Kier alpha value is -0.0600. The maximum atomic E-state index is 4.90. The molecule has 0 spiro atoms. The maximum absolute atomic E-state index is 4.90. The van der Waals surface area contributed by atoms with Crippen molar-refractivity contribution in [2.24, 2.45) is 0 Å². The normalized spacial score (nSPS) is 8.83. The molecule has 0 amide bonds. The zero-order chi connectivity index (χ0) is 8.10. The van der Waals surface area contributed by atoms with E-state index in [1.54, 1.807) is 14.2 Å². The summed E-state index contributed by atoms with van der Waals surface area (Å²) in [6, 6.07) is 9.56. The van der Waals surface area contributed by atoms with Gasteiger partial charge in [0.05, 0.1) is 19.9 Å². The van der Waals surface area contributed by atoms with Crippen LogP contribution in [0.5, 0.6) is 0 Å². The SMILES string of the molecule is CON(OC)c1ccccc1.[H-].[Na+]. The smallest absolute Gasteiger partial charge is 1.00 e. The molecule has 0 aliphatic carbocycles. The van der Waals surface area contributed by atoms with Crippen molar-refractivity contribution in [1.29, 1.82) is 0 Å². The topological polar surface area (TPSA) is 21.7 Å². The molecule has 62 valence electrons. The van der Waals surface area contributed by atoms with E-state index in [0.717, 1.165) is 5.69 Å². The van der Waals surface area contributed by atoms with Crippen molar-refractivity contribution in [3.05, 3.63) is 30.3 Å². The van der Waals surface area contributed by atoms with Gasteiger partial charge in [-0.25, -0.2) is 0 Å². The molecule has 0 N–H and O–H groups in total. The van der Waals surface area contributed by atoms with Gasteiger partial charge in [0.2, 0.25) is 0 Å². The van der Waals surface area contributed by atoms with Crippen LogP contribution in [0.15, 0.2) is 30.3 Å². The Morgan fingerprint density at radius 3 is 2.00 bits per heavy atom. The molecule has 1 rings (SSSR count). The van der Waals surface area contributed by atoms with E-state index in [-0.39, 0.29) is 31.0 Å². The van der Waals surface area contributed by atoms with Gasteiger partial charge in [-0.2, -0.15) is 0 Å². The van der Waals surface area contributed by atoms with E-state index in [1.807, 2.05) is 30.3 Å². The van der Waals surface area contributed by atoms with Crippen LogP contribution in [0.1, 0.15) is 1.43 Å². The number of anilines is 1. The van der Waals surface area contributed by atoms with Crippen LogP contribution in [-0.4, -0.2) is 14.2 Å². The summed E-state index contributed by atoms with van der Waals surface area (Å²) < 4.78 is 0. The van der Waals surface area contributed by atoms with Crippen molar-refractivity contribution >= 4 is 5.69 Å². The van der Waals surface area contributed by atoms with E-state index in [1.165, 1.54) is 5.23 Å². The number of benzene rings is 1. The van der Waals surface area contributed by atoms with Crippen molar-refractivity contribution < 1.29 is 40.7 Å². The molecule has 0 heterocycles. The summed E-state index contributed by atoms with van der Waals surface area (Å²) >= 11 is 0. The minimum atomic E-state index is 0. The second kappa shape index (κ2) is 6.46. The van der Waals surface area contributed by atoms with Crippen LogP contribution in [-0.2, 0) is 9.68 Å². The van der Waals surface area contributed by atoms with Gasteiger partial charge in [0, 0.05) is 0 Å².